The fourth-order valence-electron chi connectivity index (χ4n) is 3.25. The van der Waals surface area contributed by atoms with Crippen LogP contribution in [-0.4, -0.2) is 31.8 Å². The van der Waals surface area contributed by atoms with Gasteiger partial charge in [0.2, 0.25) is 0 Å². The van der Waals surface area contributed by atoms with Crippen LogP contribution in [-0.2, 0) is 4.74 Å². The molecule has 5 nitrogen and oxygen atoms in total. The van der Waals surface area contributed by atoms with Gasteiger partial charge < -0.3 is 9.64 Å². The molecule has 0 fully saturated rings. The van der Waals surface area contributed by atoms with Gasteiger partial charge in [0.1, 0.15) is 29.4 Å². The quantitative estimate of drug-likeness (QED) is 0.295. The number of alkyl halides is 5. The van der Waals surface area contributed by atoms with E-state index in [2.05, 4.69) is 0 Å². The van der Waals surface area contributed by atoms with E-state index in [4.69, 9.17) is 15.3 Å². The smallest absolute Gasteiger partial charge is 0.453 e. The van der Waals surface area contributed by atoms with Gasteiger partial charge in [-0.05, 0) is 24.6 Å². The van der Waals surface area contributed by atoms with Crippen molar-refractivity contribution in [3.8, 4) is 18.2 Å². The van der Waals surface area contributed by atoms with Crippen LogP contribution in [0.2, 0.25) is 0 Å². The Labute approximate surface area is 193 Å². The maximum atomic E-state index is 13.9. The second-order valence-electron chi connectivity index (χ2n) is 7.74. The Morgan fingerprint density at radius 1 is 1.00 bits per heavy atom. The fourth-order valence-corrected chi connectivity index (χ4v) is 3.25. The molecule has 0 radical (unpaired) electrons. The minimum absolute atomic E-state index is 0.301. The highest BCUT2D eigenvalue weighted by Crippen LogP contribution is 2.49. The molecule has 0 saturated carbocycles. The predicted molar refractivity (Wildman–Crippen MR) is 115 cm³/mol. The van der Waals surface area contributed by atoms with Crippen LogP contribution in [0.1, 0.15) is 18.9 Å². The zero-order valence-corrected chi connectivity index (χ0v) is 18.4. The summed E-state index contributed by atoms with van der Waals surface area (Å²) in [5, 5.41) is 27.8. The average Bonchev–Trinajstić information content (AvgIpc) is 3.02. The predicted octanol–water partition coefficient (Wildman–Crippen LogP) is 5.82. The number of ether oxygens (including phenoxy) is 1. The number of nitriles is 3. The highest BCUT2D eigenvalue weighted by Gasteiger charge is 2.62. The highest BCUT2D eigenvalue weighted by atomic mass is 19.4. The molecular formula is C24H19F5N4O. The summed E-state index contributed by atoms with van der Waals surface area (Å²) in [7, 11) is 3.76. The molecule has 1 aromatic rings. The first kappa shape index (κ1) is 26.2. The van der Waals surface area contributed by atoms with Gasteiger partial charge in [0.05, 0.1) is 6.42 Å². The SMILES string of the molecule is CN(C)c1ccc(/C=C/C=C/C2=C(C#N)C(=C(C#N)C#N)OC2(C)CC(F)(F)C(F)(F)F)cc1. The lowest BCUT2D eigenvalue weighted by atomic mass is 9.87. The van der Waals surface area contributed by atoms with Crippen molar-refractivity contribution in [2.45, 2.75) is 31.0 Å². The number of rotatable bonds is 6. The van der Waals surface area contributed by atoms with E-state index in [-0.39, 0.29) is 5.57 Å². The van der Waals surface area contributed by atoms with Crippen LogP contribution in [0.3, 0.4) is 0 Å². The molecule has 176 valence electrons. The summed E-state index contributed by atoms with van der Waals surface area (Å²) in [5.74, 6) is -5.78. The van der Waals surface area contributed by atoms with E-state index in [0.29, 0.717) is 0 Å². The van der Waals surface area contributed by atoms with E-state index < -0.39 is 41.0 Å². The summed E-state index contributed by atoms with van der Waals surface area (Å²) < 4.78 is 71.8. The number of allylic oxidation sites excluding steroid dienone is 4. The first-order chi connectivity index (χ1) is 15.8. The zero-order valence-electron chi connectivity index (χ0n) is 18.4. The largest absolute Gasteiger partial charge is 0.479 e. The summed E-state index contributed by atoms with van der Waals surface area (Å²) in [6.07, 6.45) is -2.04. The van der Waals surface area contributed by atoms with Crippen molar-refractivity contribution in [2.24, 2.45) is 0 Å². The van der Waals surface area contributed by atoms with Crippen LogP contribution in [0.5, 0.6) is 0 Å². The lowest BCUT2D eigenvalue weighted by Gasteiger charge is -2.31. The maximum Gasteiger partial charge on any atom is 0.453 e. The number of hydrogen-bond donors (Lipinski definition) is 0. The Bertz CT molecular complexity index is 1170. The van der Waals surface area contributed by atoms with Crippen LogP contribution >= 0.6 is 0 Å². The molecular weight excluding hydrogens is 455 g/mol. The molecule has 0 aromatic heterocycles. The van der Waals surface area contributed by atoms with E-state index in [0.717, 1.165) is 24.3 Å². The Hall–Kier alpha value is -4.10. The second kappa shape index (κ2) is 9.80. The summed E-state index contributed by atoms with van der Waals surface area (Å²) in [4.78, 5) is 1.91. The van der Waals surface area contributed by atoms with Gasteiger partial charge in [-0.15, -0.1) is 0 Å². The first-order valence-corrected chi connectivity index (χ1v) is 9.75. The van der Waals surface area contributed by atoms with Gasteiger partial charge in [-0.25, -0.2) is 0 Å². The van der Waals surface area contributed by atoms with Gasteiger partial charge in [-0.1, -0.05) is 36.4 Å². The molecule has 34 heavy (non-hydrogen) atoms. The Morgan fingerprint density at radius 3 is 2.03 bits per heavy atom. The van der Waals surface area contributed by atoms with Crippen LogP contribution in [0.4, 0.5) is 27.6 Å². The summed E-state index contributed by atoms with van der Waals surface area (Å²) in [6, 6.07) is 12.0. The van der Waals surface area contributed by atoms with E-state index in [1.165, 1.54) is 24.3 Å². The van der Waals surface area contributed by atoms with Gasteiger partial charge in [0.15, 0.2) is 11.3 Å². The Balaban J connectivity index is 2.50. The van der Waals surface area contributed by atoms with Crippen molar-refractivity contribution in [1.29, 1.82) is 15.8 Å². The van der Waals surface area contributed by atoms with Gasteiger partial charge in [0, 0.05) is 25.4 Å². The second-order valence-corrected chi connectivity index (χ2v) is 7.74. The number of anilines is 1. The monoisotopic (exact) mass is 474 g/mol. The van der Waals surface area contributed by atoms with E-state index in [1.807, 2.05) is 43.3 Å². The zero-order chi connectivity index (χ0) is 25.7. The molecule has 2 rings (SSSR count). The third-order valence-electron chi connectivity index (χ3n) is 5.00. The Morgan fingerprint density at radius 2 is 1.56 bits per heavy atom. The van der Waals surface area contributed by atoms with Gasteiger partial charge in [0.25, 0.3) is 0 Å². The number of benzene rings is 1. The molecule has 10 heteroatoms. The normalized spacial score (nSPS) is 18.6. The van der Waals surface area contributed by atoms with Crippen molar-refractivity contribution in [2.75, 3.05) is 19.0 Å². The minimum atomic E-state index is -5.86. The van der Waals surface area contributed by atoms with Crippen LogP contribution < -0.4 is 4.90 Å². The molecule has 0 saturated heterocycles. The molecule has 0 bridgehead atoms. The minimum Gasteiger partial charge on any atom is -0.479 e. The van der Waals surface area contributed by atoms with E-state index >= 15 is 0 Å². The summed E-state index contributed by atoms with van der Waals surface area (Å²) in [6.45, 7) is 0.951. The van der Waals surface area contributed by atoms with Gasteiger partial charge in [-0.2, -0.15) is 37.7 Å². The number of hydrogen-bond acceptors (Lipinski definition) is 5. The molecule has 0 amide bonds. The van der Waals surface area contributed by atoms with Crippen LogP contribution in [0.15, 0.2) is 65.0 Å². The molecule has 0 aliphatic carbocycles. The van der Waals surface area contributed by atoms with Crippen molar-refractivity contribution < 1.29 is 26.7 Å². The van der Waals surface area contributed by atoms with Gasteiger partial charge >= 0.3 is 12.1 Å². The molecule has 1 aliphatic rings. The maximum absolute atomic E-state index is 13.9. The fraction of sp³-hybridized carbons (Fsp3) is 0.292. The molecule has 1 atom stereocenters. The molecule has 1 aliphatic heterocycles. The van der Waals surface area contributed by atoms with Crippen molar-refractivity contribution >= 4 is 11.8 Å². The first-order valence-electron chi connectivity index (χ1n) is 9.75. The Kier molecular flexibility index (Phi) is 7.54. The number of halogens is 5. The molecule has 0 spiro atoms. The molecule has 0 N–H and O–H groups in total. The summed E-state index contributed by atoms with van der Waals surface area (Å²) in [5.41, 5.74) is -2.04. The third kappa shape index (κ3) is 5.44. The topological polar surface area (TPSA) is 83.8 Å². The van der Waals surface area contributed by atoms with Crippen LogP contribution in [0.25, 0.3) is 6.08 Å². The standard InChI is InChI=1S/C24H19F5N4O/c1-22(15-23(25,26)24(27,28)29)20(19(14-32)21(34-22)17(12-30)13-31)7-5-4-6-16-8-10-18(11-9-16)33(2)3/h4-11H,15H2,1-3H3/b6-4+,7-5+. The van der Waals surface area contributed by atoms with Crippen molar-refractivity contribution in [3.63, 3.8) is 0 Å². The van der Waals surface area contributed by atoms with Crippen molar-refractivity contribution in [1.82, 2.24) is 0 Å². The van der Waals surface area contributed by atoms with Gasteiger partial charge in [-0.3, -0.25) is 0 Å². The summed E-state index contributed by atoms with van der Waals surface area (Å²) >= 11 is 0. The lowest BCUT2D eigenvalue weighted by Crippen LogP contribution is -2.44. The third-order valence-corrected chi connectivity index (χ3v) is 5.00. The van der Waals surface area contributed by atoms with Crippen LogP contribution in [0, 0.1) is 34.0 Å². The highest BCUT2D eigenvalue weighted by molar-refractivity contribution is 5.61. The lowest BCUT2D eigenvalue weighted by molar-refractivity contribution is -0.293. The number of nitrogens with zero attached hydrogens (tertiary/aromatic N) is 4. The van der Waals surface area contributed by atoms with E-state index in [1.54, 1.807) is 12.1 Å². The van der Waals surface area contributed by atoms with Crippen molar-refractivity contribution in [3.05, 3.63) is 70.5 Å². The average molecular weight is 474 g/mol. The van der Waals surface area contributed by atoms with E-state index in [9.17, 15) is 27.2 Å². The molecule has 1 heterocycles. The molecule has 1 aromatic carbocycles. The molecule has 1 unspecified atom stereocenters.